The molecule has 0 bridgehead atoms. The summed E-state index contributed by atoms with van der Waals surface area (Å²) in [5.41, 5.74) is 3.16. The van der Waals surface area contributed by atoms with Crippen molar-refractivity contribution in [3.8, 4) is 6.07 Å². The van der Waals surface area contributed by atoms with Crippen molar-refractivity contribution in [2.24, 2.45) is 0 Å². The summed E-state index contributed by atoms with van der Waals surface area (Å²) in [6.07, 6.45) is 0. The number of hydrogen-bond acceptors (Lipinski definition) is 4. The summed E-state index contributed by atoms with van der Waals surface area (Å²) < 4.78 is 0. The molecule has 0 saturated carbocycles. The van der Waals surface area contributed by atoms with Crippen LogP contribution in [0.25, 0.3) is 0 Å². The Kier molecular flexibility index (Phi) is 7.40. The number of nitrogens with one attached hydrogen (secondary N) is 1. The topological polar surface area (TPSA) is 59.4 Å². The van der Waals surface area contributed by atoms with E-state index in [9.17, 15) is 4.79 Å². The van der Waals surface area contributed by atoms with Crippen molar-refractivity contribution in [2.75, 3.05) is 32.7 Å². The van der Waals surface area contributed by atoms with Crippen LogP contribution in [0.5, 0.6) is 0 Å². The largest absolute Gasteiger partial charge is 0.354 e. The molecule has 1 fully saturated rings. The Morgan fingerprint density at radius 2 is 1.69 bits per heavy atom. The molecule has 152 valence electrons. The van der Waals surface area contributed by atoms with Gasteiger partial charge >= 0.3 is 0 Å². The molecule has 0 radical (unpaired) electrons. The van der Waals surface area contributed by atoms with E-state index in [0.29, 0.717) is 18.0 Å². The molecule has 0 aromatic heterocycles. The Hall–Kier alpha value is -2.68. The average molecular weight is 391 g/mol. The highest BCUT2D eigenvalue weighted by molar-refractivity contribution is 5.81. The first-order chi connectivity index (χ1) is 14.1. The van der Waals surface area contributed by atoms with Gasteiger partial charge in [-0.15, -0.1) is 0 Å². The number of piperazine rings is 1. The molecule has 1 amide bonds. The lowest BCUT2D eigenvalue weighted by molar-refractivity contribution is -0.126. The molecule has 2 atom stereocenters. The smallest absolute Gasteiger partial charge is 0.237 e. The van der Waals surface area contributed by atoms with Crippen molar-refractivity contribution in [1.82, 2.24) is 15.1 Å². The van der Waals surface area contributed by atoms with E-state index < -0.39 is 0 Å². The van der Waals surface area contributed by atoms with Gasteiger partial charge in [0.05, 0.1) is 17.7 Å². The first-order valence-corrected chi connectivity index (χ1v) is 10.3. The highest BCUT2D eigenvalue weighted by Crippen LogP contribution is 2.14. The van der Waals surface area contributed by atoms with E-state index in [2.05, 4.69) is 40.2 Å². The summed E-state index contributed by atoms with van der Waals surface area (Å²) in [6, 6.07) is 20.1. The van der Waals surface area contributed by atoms with Crippen LogP contribution in [0, 0.1) is 11.3 Å². The number of carbonyl (C=O) groups excluding carboxylic acids is 1. The standard InChI is InChI=1S/C24H30N4O/c1-19(23-6-4-3-5-7-23)17-26-24(29)20(2)28-14-12-27(13-15-28)18-22-10-8-21(16-25)9-11-22/h3-11,19-20H,12-15,17-18H2,1-2H3,(H,26,29). The van der Waals surface area contributed by atoms with Crippen LogP contribution in [-0.4, -0.2) is 54.5 Å². The third-order valence-corrected chi connectivity index (χ3v) is 5.77. The lowest BCUT2D eigenvalue weighted by Gasteiger charge is -2.37. The minimum absolute atomic E-state index is 0.105. The van der Waals surface area contributed by atoms with Gasteiger partial charge in [0.15, 0.2) is 0 Å². The lowest BCUT2D eigenvalue weighted by Crippen LogP contribution is -2.53. The summed E-state index contributed by atoms with van der Waals surface area (Å²) in [5, 5.41) is 12.0. The molecule has 0 spiro atoms. The van der Waals surface area contributed by atoms with Gasteiger partial charge in [-0.2, -0.15) is 5.26 Å². The number of nitrogens with zero attached hydrogens (tertiary/aromatic N) is 3. The Labute approximate surface area is 173 Å². The van der Waals surface area contributed by atoms with E-state index in [1.54, 1.807) is 0 Å². The minimum atomic E-state index is -0.116. The van der Waals surface area contributed by atoms with Gasteiger partial charge in [0.2, 0.25) is 5.91 Å². The van der Waals surface area contributed by atoms with Gasteiger partial charge in [0.1, 0.15) is 0 Å². The molecule has 1 aliphatic heterocycles. The highest BCUT2D eigenvalue weighted by atomic mass is 16.2. The molecule has 0 aliphatic carbocycles. The third-order valence-electron chi connectivity index (χ3n) is 5.77. The van der Waals surface area contributed by atoms with Crippen LogP contribution in [0.1, 0.15) is 36.5 Å². The average Bonchev–Trinajstić information content (AvgIpc) is 2.78. The molecule has 2 unspecified atom stereocenters. The quantitative estimate of drug-likeness (QED) is 0.790. The van der Waals surface area contributed by atoms with Crippen molar-refractivity contribution in [3.05, 3.63) is 71.3 Å². The van der Waals surface area contributed by atoms with E-state index in [4.69, 9.17) is 5.26 Å². The number of nitriles is 1. The van der Waals surface area contributed by atoms with E-state index >= 15 is 0 Å². The van der Waals surface area contributed by atoms with E-state index in [1.165, 1.54) is 11.1 Å². The van der Waals surface area contributed by atoms with Crippen LogP contribution in [0.4, 0.5) is 0 Å². The van der Waals surface area contributed by atoms with Gasteiger partial charge in [-0.1, -0.05) is 49.4 Å². The van der Waals surface area contributed by atoms with Gasteiger partial charge < -0.3 is 5.32 Å². The number of amides is 1. The first kappa shape index (κ1) is 21.0. The predicted octanol–water partition coefficient (Wildman–Crippen LogP) is 2.98. The van der Waals surface area contributed by atoms with Crippen LogP contribution in [0.3, 0.4) is 0 Å². The molecule has 5 heteroatoms. The second kappa shape index (κ2) is 10.2. The Balaban J connectivity index is 1.42. The van der Waals surface area contributed by atoms with Gasteiger partial charge in [0, 0.05) is 39.3 Å². The monoisotopic (exact) mass is 390 g/mol. The zero-order valence-electron chi connectivity index (χ0n) is 17.3. The number of benzene rings is 2. The molecule has 2 aromatic carbocycles. The SMILES string of the molecule is CC(CNC(=O)C(C)N1CCN(Cc2ccc(C#N)cc2)CC1)c1ccccc1. The third kappa shape index (κ3) is 5.90. The van der Waals surface area contributed by atoms with Crippen LogP contribution >= 0.6 is 0 Å². The Bertz CT molecular complexity index is 820. The lowest BCUT2D eigenvalue weighted by atomic mass is 10.0. The molecule has 3 rings (SSSR count). The molecule has 1 aliphatic rings. The van der Waals surface area contributed by atoms with Crippen LogP contribution in [0.15, 0.2) is 54.6 Å². The van der Waals surface area contributed by atoms with Gasteiger partial charge in [-0.25, -0.2) is 0 Å². The molecule has 2 aromatic rings. The van der Waals surface area contributed by atoms with E-state index in [-0.39, 0.29) is 11.9 Å². The predicted molar refractivity (Wildman–Crippen MR) is 115 cm³/mol. The molecular formula is C24H30N4O. The summed E-state index contributed by atoms with van der Waals surface area (Å²) in [6.45, 7) is 9.34. The Morgan fingerprint density at radius 1 is 1.03 bits per heavy atom. The maximum absolute atomic E-state index is 12.6. The second-order valence-electron chi connectivity index (χ2n) is 7.85. The van der Waals surface area contributed by atoms with Crippen LogP contribution < -0.4 is 5.32 Å². The van der Waals surface area contributed by atoms with Crippen LogP contribution in [-0.2, 0) is 11.3 Å². The molecular weight excluding hydrogens is 360 g/mol. The first-order valence-electron chi connectivity index (χ1n) is 10.3. The van der Waals surface area contributed by atoms with E-state index in [0.717, 1.165) is 32.7 Å². The fourth-order valence-corrected chi connectivity index (χ4v) is 3.72. The maximum Gasteiger partial charge on any atom is 0.237 e. The maximum atomic E-state index is 12.6. The molecule has 29 heavy (non-hydrogen) atoms. The molecule has 1 heterocycles. The van der Waals surface area contributed by atoms with Crippen molar-refractivity contribution in [1.29, 1.82) is 5.26 Å². The molecule has 5 nitrogen and oxygen atoms in total. The van der Waals surface area contributed by atoms with Gasteiger partial charge in [0.25, 0.3) is 0 Å². The minimum Gasteiger partial charge on any atom is -0.354 e. The zero-order valence-corrected chi connectivity index (χ0v) is 17.3. The zero-order chi connectivity index (χ0) is 20.6. The van der Waals surface area contributed by atoms with Crippen molar-refractivity contribution >= 4 is 5.91 Å². The summed E-state index contributed by atoms with van der Waals surface area (Å²) in [4.78, 5) is 17.3. The highest BCUT2D eigenvalue weighted by Gasteiger charge is 2.25. The Morgan fingerprint density at radius 3 is 2.31 bits per heavy atom. The fourth-order valence-electron chi connectivity index (χ4n) is 3.72. The van der Waals surface area contributed by atoms with Gasteiger partial charge in [-0.05, 0) is 36.1 Å². The van der Waals surface area contributed by atoms with E-state index in [1.807, 2.05) is 49.4 Å². The normalized spacial score (nSPS) is 17.3. The second-order valence-corrected chi connectivity index (χ2v) is 7.85. The summed E-state index contributed by atoms with van der Waals surface area (Å²) in [7, 11) is 0. The number of rotatable bonds is 7. The number of carbonyl (C=O) groups is 1. The fraction of sp³-hybridized carbons (Fsp3) is 0.417. The van der Waals surface area contributed by atoms with Gasteiger partial charge in [-0.3, -0.25) is 14.6 Å². The van der Waals surface area contributed by atoms with Crippen molar-refractivity contribution in [2.45, 2.75) is 32.4 Å². The van der Waals surface area contributed by atoms with Crippen molar-refractivity contribution < 1.29 is 4.79 Å². The molecule has 1 saturated heterocycles. The molecule has 1 N–H and O–H groups in total. The summed E-state index contributed by atoms with van der Waals surface area (Å²) in [5.74, 6) is 0.407. The number of hydrogen-bond donors (Lipinski definition) is 1. The van der Waals surface area contributed by atoms with Crippen molar-refractivity contribution in [3.63, 3.8) is 0 Å². The van der Waals surface area contributed by atoms with Crippen LogP contribution in [0.2, 0.25) is 0 Å². The summed E-state index contributed by atoms with van der Waals surface area (Å²) >= 11 is 0.